The van der Waals surface area contributed by atoms with Gasteiger partial charge in [-0.3, -0.25) is 0 Å². The van der Waals surface area contributed by atoms with Crippen LogP contribution in [0.4, 0.5) is 0 Å². The summed E-state index contributed by atoms with van der Waals surface area (Å²) in [6.07, 6.45) is 28.0. The molecule has 0 N–H and O–H groups in total. The average molecular weight is 746 g/mol. The number of benzene rings is 1. The molecule has 1 aromatic rings. The molecular formula is C48H89Br. The summed E-state index contributed by atoms with van der Waals surface area (Å²) in [4.78, 5) is 0. The van der Waals surface area contributed by atoms with Crippen LogP contribution in [-0.4, -0.2) is 0 Å². The Morgan fingerprint density at radius 3 is 1.12 bits per heavy atom. The van der Waals surface area contributed by atoms with Crippen LogP contribution in [0.15, 0.2) is 28.7 Å². The minimum atomic E-state index is 0.295. The zero-order valence-corrected chi connectivity index (χ0v) is 37.7. The number of hydrogen-bond donors (Lipinski definition) is 0. The van der Waals surface area contributed by atoms with E-state index in [1.165, 1.54) is 139 Å². The molecule has 1 aromatic carbocycles. The predicted molar refractivity (Wildman–Crippen MR) is 228 cm³/mol. The van der Waals surface area contributed by atoms with E-state index in [1.807, 2.05) is 0 Å². The van der Waals surface area contributed by atoms with Gasteiger partial charge in [-0.2, -0.15) is 0 Å². The van der Waals surface area contributed by atoms with E-state index in [0.717, 1.165) is 0 Å². The Morgan fingerprint density at radius 2 is 0.796 bits per heavy atom. The lowest BCUT2D eigenvalue weighted by atomic mass is 9.49. The highest BCUT2D eigenvalue weighted by molar-refractivity contribution is 9.10. The SMILES string of the molecule is CCCC(CC)(CC)CC(CC)(CC(CC)(CC)CC)CC(CC(CC)c1cccc(Br)c1)(CC(CC)(CC)CC)CC(CC)(CC)CC. The van der Waals surface area contributed by atoms with Crippen molar-refractivity contribution in [3.63, 3.8) is 0 Å². The van der Waals surface area contributed by atoms with Gasteiger partial charge in [-0.1, -0.05) is 208 Å². The topological polar surface area (TPSA) is 0 Å². The van der Waals surface area contributed by atoms with Gasteiger partial charge in [-0.15, -0.1) is 0 Å². The molecule has 0 saturated carbocycles. The van der Waals surface area contributed by atoms with Gasteiger partial charge in [0.2, 0.25) is 0 Å². The van der Waals surface area contributed by atoms with Gasteiger partial charge < -0.3 is 0 Å². The molecule has 0 saturated heterocycles. The second kappa shape index (κ2) is 21.4. The molecule has 0 aromatic heterocycles. The van der Waals surface area contributed by atoms with E-state index < -0.39 is 0 Å². The molecule has 0 amide bonds. The molecule has 0 aliphatic rings. The van der Waals surface area contributed by atoms with Crippen molar-refractivity contribution in [2.45, 2.75) is 238 Å². The molecule has 0 radical (unpaired) electrons. The monoisotopic (exact) mass is 745 g/mol. The first-order valence-electron chi connectivity index (χ1n) is 22.0. The molecule has 0 heterocycles. The predicted octanol–water partition coefficient (Wildman–Crippen LogP) is 17.9. The maximum absolute atomic E-state index is 3.88. The van der Waals surface area contributed by atoms with Gasteiger partial charge in [0, 0.05) is 4.47 Å². The van der Waals surface area contributed by atoms with Gasteiger partial charge in [0.1, 0.15) is 0 Å². The third-order valence-electron chi connectivity index (χ3n) is 16.0. The van der Waals surface area contributed by atoms with Gasteiger partial charge in [0.25, 0.3) is 0 Å². The molecule has 0 bridgehead atoms. The minimum Gasteiger partial charge on any atom is -0.0654 e. The lowest BCUT2D eigenvalue weighted by Gasteiger charge is -2.56. The zero-order chi connectivity index (χ0) is 37.4. The first-order chi connectivity index (χ1) is 23.2. The largest absolute Gasteiger partial charge is 0.0654 e. The fourth-order valence-corrected chi connectivity index (χ4v) is 12.0. The van der Waals surface area contributed by atoms with Gasteiger partial charge in [-0.25, -0.2) is 0 Å². The summed E-state index contributed by atoms with van der Waals surface area (Å²) in [6.45, 7) is 35.4. The number of halogens is 1. The summed E-state index contributed by atoms with van der Waals surface area (Å²) in [5, 5.41) is 0. The van der Waals surface area contributed by atoms with E-state index in [2.05, 4.69) is 137 Å². The van der Waals surface area contributed by atoms with Crippen LogP contribution in [0, 0.1) is 32.5 Å². The minimum absolute atomic E-state index is 0.295. The third-order valence-corrected chi connectivity index (χ3v) is 16.5. The quantitative estimate of drug-likeness (QED) is 0.0801. The van der Waals surface area contributed by atoms with Crippen molar-refractivity contribution in [2.75, 3.05) is 0 Å². The number of hydrogen-bond acceptors (Lipinski definition) is 0. The molecule has 49 heavy (non-hydrogen) atoms. The summed E-state index contributed by atoms with van der Waals surface area (Å²) in [7, 11) is 0. The molecule has 1 heteroatoms. The fourth-order valence-electron chi connectivity index (χ4n) is 11.6. The highest BCUT2D eigenvalue weighted by Crippen LogP contribution is 2.63. The smallest absolute Gasteiger partial charge is 0.0178 e. The summed E-state index contributed by atoms with van der Waals surface area (Å²) in [6, 6.07) is 9.43. The Morgan fingerprint density at radius 1 is 0.449 bits per heavy atom. The highest BCUT2D eigenvalue weighted by atomic mass is 79.9. The van der Waals surface area contributed by atoms with Crippen LogP contribution in [0.1, 0.15) is 243 Å². The molecule has 0 nitrogen and oxygen atoms in total. The van der Waals surface area contributed by atoms with Crippen molar-refractivity contribution in [1.82, 2.24) is 0 Å². The third kappa shape index (κ3) is 12.1. The van der Waals surface area contributed by atoms with Gasteiger partial charge >= 0.3 is 0 Å². The fraction of sp³-hybridized carbons (Fsp3) is 0.875. The Hall–Kier alpha value is -0.300. The standard InChI is InChI=1S/C48H89Br/c1-15-32-46(26-12,27-13)38-47(28-14,35-43(17-3,18-4)19-5)39-48(36-44(20-6,21-7)22-8,37-45(23-9,24-10)25-11)34-40(16-2)41-30-29-31-42(49)33-41/h29-31,33,40H,15-28,32,34-39H2,1-14H3. The molecule has 0 fully saturated rings. The van der Waals surface area contributed by atoms with E-state index in [1.54, 1.807) is 5.56 Å². The summed E-state index contributed by atoms with van der Waals surface area (Å²) < 4.78 is 1.24. The molecule has 288 valence electrons. The van der Waals surface area contributed by atoms with E-state index in [9.17, 15) is 0 Å². The molecule has 2 unspecified atom stereocenters. The Bertz CT molecular complexity index is 957. The molecule has 0 spiro atoms. The van der Waals surface area contributed by atoms with Crippen molar-refractivity contribution >= 4 is 15.9 Å². The van der Waals surface area contributed by atoms with E-state index in [4.69, 9.17) is 0 Å². The summed E-state index contributed by atoms with van der Waals surface area (Å²) in [5.74, 6) is 0.588. The number of rotatable bonds is 28. The molecule has 0 aliphatic heterocycles. The summed E-state index contributed by atoms with van der Waals surface area (Å²) in [5.41, 5.74) is 3.89. The summed E-state index contributed by atoms with van der Waals surface area (Å²) >= 11 is 3.88. The van der Waals surface area contributed by atoms with Crippen molar-refractivity contribution < 1.29 is 0 Å². The van der Waals surface area contributed by atoms with E-state index in [0.29, 0.717) is 38.4 Å². The first-order valence-corrected chi connectivity index (χ1v) is 22.8. The highest BCUT2D eigenvalue weighted by Gasteiger charge is 2.51. The molecule has 0 aliphatic carbocycles. The Labute approximate surface area is 319 Å². The molecule has 2 atom stereocenters. The average Bonchev–Trinajstić information content (AvgIpc) is 3.14. The van der Waals surface area contributed by atoms with Crippen molar-refractivity contribution in [3.8, 4) is 0 Å². The normalized spacial score (nSPS) is 15.4. The van der Waals surface area contributed by atoms with Crippen LogP contribution in [0.25, 0.3) is 0 Å². The molecule has 1 rings (SSSR count). The van der Waals surface area contributed by atoms with Crippen LogP contribution >= 0.6 is 15.9 Å². The van der Waals surface area contributed by atoms with Gasteiger partial charge in [0.15, 0.2) is 0 Å². The van der Waals surface area contributed by atoms with Crippen LogP contribution in [0.5, 0.6) is 0 Å². The van der Waals surface area contributed by atoms with Gasteiger partial charge in [-0.05, 0) is 107 Å². The van der Waals surface area contributed by atoms with Crippen LogP contribution in [-0.2, 0) is 0 Å². The van der Waals surface area contributed by atoms with Crippen LogP contribution in [0.3, 0.4) is 0 Å². The van der Waals surface area contributed by atoms with Crippen LogP contribution in [0.2, 0.25) is 0 Å². The first kappa shape index (κ1) is 46.7. The van der Waals surface area contributed by atoms with Crippen molar-refractivity contribution in [3.05, 3.63) is 34.3 Å². The maximum Gasteiger partial charge on any atom is 0.0178 e. The lowest BCUT2D eigenvalue weighted by Crippen LogP contribution is -2.45. The maximum atomic E-state index is 3.88. The Balaban J connectivity index is 4.39. The van der Waals surface area contributed by atoms with E-state index >= 15 is 0 Å². The zero-order valence-electron chi connectivity index (χ0n) is 36.1. The van der Waals surface area contributed by atoms with Crippen molar-refractivity contribution in [1.29, 1.82) is 0 Å². The second-order valence-corrected chi connectivity index (χ2v) is 18.7. The lowest BCUT2D eigenvalue weighted by molar-refractivity contribution is -0.0489. The van der Waals surface area contributed by atoms with Crippen molar-refractivity contribution in [2.24, 2.45) is 32.5 Å². The molecular weight excluding hydrogens is 656 g/mol. The van der Waals surface area contributed by atoms with Gasteiger partial charge in [0.05, 0.1) is 0 Å². The second-order valence-electron chi connectivity index (χ2n) is 17.7. The van der Waals surface area contributed by atoms with E-state index in [-0.39, 0.29) is 0 Å². The Kier molecular flexibility index (Phi) is 20.4. The van der Waals surface area contributed by atoms with Crippen LogP contribution < -0.4 is 0 Å².